The van der Waals surface area contributed by atoms with E-state index in [0.29, 0.717) is 6.42 Å². The molecule has 0 aliphatic carbocycles. The Bertz CT molecular complexity index is 868. The second kappa shape index (κ2) is 13.8. The van der Waals surface area contributed by atoms with Gasteiger partial charge in [-0.3, -0.25) is 9.59 Å². The Hall–Kier alpha value is -2.22. The van der Waals surface area contributed by atoms with Crippen molar-refractivity contribution in [1.29, 1.82) is 0 Å². The molecule has 1 aromatic rings. The normalized spacial score (nSPS) is 14.9. The number of carbonyl (C=O) groups is 3. The van der Waals surface area contributed by atoms with Crippen molar-refractivity contribution in [1.82, 2.24) is 15.5 Å². The number of aryl methyl sites for hydroxylation is 1. The average Bonchev–Trinajstić information content (AvgIpc) is 2.75. The van der Waals surface area contributed by atoms with Crippen molar-refractivity contribution in [3.05, 3.63) is 34.9 Å². The molecular formula is C27H45N3O4S. The van der Waals surface area contributed by atoms with Crippen LogP contribution in [0.3, 0.4) is 0 Å². The van der Waals surface area contributed by atoms with Crippen LogP contribution in [0.25, 0.3) is 0 Å². The molecule has 3 amide bonds. The Morgan fingerprint density at radius 2 is 1.71 bits per heavy atom. The molecule has 2 N–H and O–H groups in total. The predicted molar refractivity (Wildman–Crippen MR) is 145 cm³/mol. The summed E-state index contributed by atoms with van der Waals surface area (Å²) in [4.78, 5) is 41.7. The van der Waals surface area contributed by atoms with Crippen LogP contribution < -0.4 is 10.6 Å². The van der Waals surface area contributed by atoms with E-state index in [2.05, 4.69) is 30.2 Å². The van der Waals surface area contributed by atoms with Crippen molar-refractivity contribution in [3.63, 3.8) is 0 Å². The Kier molecular flexibility index (Phi) is 12.1. The van der Waals surface area contributed by atoms with Gasteiger partial charge in [0, 0.05) is 17.8 Å². The lowest BCUT2D eigenvalue weighted by molar-refractivity contribution is -0.145. The zero-order valence-corrected chi connectivity index (χ0v) is 23.8. The molecular weight excluding hydrogens is 462 g/mol. The average molecular weight is 508 g/mol. The van der Waals surface area contributed by atoms with Crippen molar-refractivity contribution in [3.8, 4) is 0 Å². The van der Waals surface area contributed by atoms with E-state index in [4.69, 9.17) is 4.74 Å². The van der Waals surface area contributed by atoms with Crippen molar-refractivity contribution in [2.75, 3.05) is 5.75 Å². The van der Waals surface area contributed by atoms with Gasteiger partial charge in [-0.15, -0.1) is 0 Å². The third-order valence-corrected chi connectivity index (χ3v) is 6.43. The first-order valence-electron chi connectivity index (χ1n) is 12.6. The summed E-state index contributed by atoms with van der Waals surface area (Å²) in [6.45, 7) is 17.2. The first-order valence-corrected chi connectivity index (χ1v) is 13.2. The van der Waals surface area contributed by atoms with Crippen LogP contribution in [0.5, 0.6) is 0 Å². The number of benzene rings is 1. The summed E-state index contributed by atoms with van der Waals surface area (Å²) < 4.78 is 5.36. The van der Waals surface area contributed by atoms with Crippen molar-refractivity contribution < 1.29 is 19.1 Å². The van der Waals surface area contributed by atoms with Crippen molar-refractivity contribution in [2.24, 2.45) is 0 Å². The first-order chi connectivity index (χ1) is 16.3. The Labute approximate surface area is 217 Å². The zero-order chi connectivity index (χ0) is 26.9. The number of nitrogens with zero attached hydrogens (tertiary/aromatic N) is 1. The van der Waals surface area contributed by atoms with Crippen LogP contribution in [-0.2, 0) is 14.3 Å². The lowest BCUT2D eigenvalue weighted by Gasteiger charge is -2.39. The highest BCUT2D eigenvalue weighted by atomic mass is 32.1. The molecule has 1 rings (SSSR count). The number of alkyl carbamates (subject to hydrolysis) is 1. The molecule has 0 heterocycles. The van der Waals surface area contributed by atoms with Gasteiger partial charge in [0.1, 0.15) is 17.7 Å². The van der Waals surface area contributed by atoms with Crippen LogP contribution >= 0.6 is 12.6 Å². The second-order valence-electron chi connectivity index (χ2n) is 10.3. The van der Waals surface area contributed by atoms with Gasteiger partial charge in [-0.2, -0.15) is 12.6 Å². The smallest absolute Gasteiger partial charge is 0.408 e. The summed E-state index contributed by atoms with van der Waals surface area (Å²) in [7, 11) is 0. The molecule has 0 aliphatic heterocycles. The molecule has 4 unspecified atom stereocenters. The van der Waals surface area contributed by atoms with E-state index >= 15 is 0 Å². The maximum Gasteiger partial charge on any atom is 0.408 e. The van der Waals surface area contributed by atoms with Crippen LogP contribution in [0.15, 0.2) is 18.2 Å². The quantitative estimate of drug-likeness (QED) is 0.364. The minimum Gasteiger partial charge on any atom is -0.444 e. The van der Waals surface area contributed by atoms with Gasteiger partial charge in [0.05, 0.1) is 0 Å². The second-order valence-corrected chi connectivity index (χ2v) is 10.6. The van der Waals surface area contributed by atoms with Crippen LogP contribution in [0.2, 0.25) is 0 Å². The molecule has 7 nitrogen and oxygen atoms in total. The van der Waals surface area contributed by atoms with Gasteiger partial charge in [0.15, 0.2) is 0 Å². The fourth-order valence-corrected chi connectivity index (χ4v) is 4.17. The topological polar surface area (TPSA) is 87.7 Å². The molecule has 1 aromatic carbocycles. The van der Waals surface area contributed by atoms with Gasteiger partial charge < -0.3 is 20.3 Å². The molecule has 0 radical (unpaired) electrons. The van der Waals surface area contributed by atoms with Gasteiger partial charge in [-0.05, 0) is 78.0 Å². The van der Waals surface area contributed by atoms with Crippen molar-refractivity contribution >= 4 is 30.5 Å². The van der Waals surface area contributed by atoms with Gasteiger partial charge in [0.25, 0.3) is 0 Å². The molecule has 0 bridgehead atoms. The Morgan fingerprint density at radius 1 is 1.09 bits per heavy atom. The highest BCUT2D eigenvalue weighted by molar-refractivity contribution is 7.80. The van der Waals surface area contributed by atoms with Crippen LogP contribution in [0.1, 0.15) is 90.5 Å². The third kappa shape index (κ3) is 9.06. The molecule has 0 saturated heterocycles. The highest BCUT2D eigenvalue weighted by Gasteiger charge is 2.39. The maximum atomic E-state index is 13.9. The Morgan fingerprint density at radius 3 is 2.23 bits per heavy atom. The third-order valence-electron chi connectivity index (χ3n) is 6.07. The number of carbonyl (C=O) groups excluding carboxylic acids is 3. The first kappa shape index (κ1) is 30.8. The van der Waals surface area contributed by atoms with E-state index in [1.165, 1.54) is 0 Å². The number of ether oxygens (including phenoxy) is 1. The van der Waals surface area contributed by atoms with Gasteiger partial charge in [-0.1, -0.05) is 38.5 Å². The molecule has 0 aromatic heterocycles. The molecule has 35 heavy (non-hydrogen) atoms. The number of rotatable bonds is 11. The molecule has 0 saturated carbocycles. The van der Waals surface area contributed by atoms with Crippen LogP contribution in [0.4, 0.5) is 4.79 Å². The van der Waals surface area contributed by atoms with E-state index in [1.807, 2.05) is 52.8 Å². The summed E-state index contributed by atoms with van der Waals surface area (Å²) >= 11 is 4.34. The molecule has 0 spiro atoms. The molecule has 8 heteroatoms. The van der Waals surface area contributed by atoms with Gasteiger partial charge in [-0.25, -0.2) is 4.79 Å². The zero-order valence-electron chi connectivity index (χ0n) is 22.9. The molecule has 0 aliphatic rings. The van der Waals surface area contributed by atoms with E-state index in [0.717, 1.165) is 29.5 Å². The van der Waals surface area contributed by atoms with Crippen LogP contribution in [0, 0.1) is 13.8 Å². The van der Waals surface area contributed by atoms with E-state index in [1.54, 1.807) is 25.7 Å². The van der Waals surface area contributed by atoms with Crippen molar-refractivity contribution in [2.45, 2.75) is 111 Å². The monoisotopic (exact) mass is 507 g/mol. The standard InChI is InChI=1S/C27H45N3O4S/c1-10-13-18(4)28-24(31)23(21-15-12-14-17(3)20(21)6)30(19(5)11-2)25(32)22(16-35)29-26(33)34-27(7,8)9/h12,14-15,18-19,22-23,35H,10-11,13,16H2,1-9H3,(H,28,31)(H,29,33). The summed E-state index contributed by atoms with van der Waals surface area (Å²) in [6, 6.07) is 3.70. The maximum absolute atomic E-state index is 13.9. The van der Waals surface area contributed by atoms with E-state index < -0.39 is 23.8 Å². The van der Waals surface area contributed by atoms with Gasteiger partial charge >= 0.3 is 6.09 Å². The summed E-state index contributed by atoms with van der Waals surface area (Å²) in [5.74, 6) is -0.536. The number of amides is 3. The largest absolute Gasteiger partial charge is 0.444 e. The van der Waals surface area contributed by atoms with Gasteiger partial charge in [0.2, 0.25) is 11.8 Å². The SMILES string of the molecule is CCCC(C)NC(=O)C(c1cccc(C)c1C)N(C(=O)C(CS)NC(=O)OC(C)(C)C)C(C)CC. The predicted octanol–water partition coefficient (Wildman–Crippen LogP) is 5.10. The number of hydrogen-bond donors (Lipinski definition) is 3. The molecule has 0 fully saturated rings. The number of nitrogens with one attached hydrogen (secondary N) is 2. The summed E-state index contributed by atoms with van der Waals surface area (Å²) in [5.41, 5.74) is 2.06. The minimum atomic E-state index is -0.948. The fourth-order valence-electron chi connectivity index (χ4n) is 3.93. The lowest BCUT2D eigenvalue weighted by Crippen LogP contribution is -2.56. The number of hydrogen-bond acceptors (Lipinski definition) is 5. The van der Waals surface area contributed by atoms with E-state index in [-0.39, 0.29) is 29.7 Å². The minimum absolute atomic E-state index is 0.0328. The van der Waals surface area contributed by atoms with Crippen LogP contribution in [-0.4, -0.2) is 52.3 Å². The highest BCUT2D eigenvalue weighted by Crippen LogP contribution is 2.30. The summed E-state index contributed by atoms with van der Waals surface area (Å²) in [6.07, 6.45) is 1.71. The Balaban J connectivity index is 3.52. The lowest BCUT2D eigenvalue weighted by atomic mass is 9.93. The molecule has 4 atom stereocenters. The fraction of sp³-hybridized carbons (Fsp3) is 0.667. The van der Waals surface area contributed by atoms with E-state index in [9.17, 15) is 14.4 Å². The molecule has 198 valence electrons. The summed E-state index contributed by atoms with van der Waals surface area (Å²) in [5, 5.41) is 5.76. The number of thiol groups is 1.